The Kier molecular flexibility index (Phi) is 7.24. The van der Waals surface area contributed by atoms with Gasteiger partial charge in [0, 0.05) is 19.6 Å². The molecule has 0 bridgehead atoms. The Hall–Kier alpha value is -2.15. The van der Waals surface area contributed by atoms with E-state index in [-0.39, 0.29) is 10.8 Å². The molecule has 1 fully saturated rings. The topological polar surface area (TPSA) is 137 Å². The predicted molar refractivity (Wildman–Crippen MR) is 117 cm³/mol. The van der Waals surface area contributed by atoms with Gasteiger partial charge in [0.25, 0.3) is 0 Å². The van der Waals surface area contributed by atoms with Crippen molar-refractivity contribution >= 4 is 44.8 Å². The lowest BCUT2D eigenvalue weighted by atomic mass is 10.1. The number of carbonyl (C=O) groups is 2. The van der Waals surface area contributed by atoms with Gasteiger partial charge in [-0.05, 0) is 31.0 Å². The third kappa shape index (κ3) is 5.03. The Morgan fingerprint density at radius 1 is 1.29 bits per heavy atom. The first-order valence-corrected chi connectivity index (χ1v) is 12.3. The number of hydrogen-bond acceptors (Lipinski definition) is 7. The van der Waals surface area contributed by atoms with Gasteiger partial charge >= 0.3 is 6.03 Å². The Morgan fingerprint density at radius 2 is 1.97 bits per heavy atom. The molecule has 0 aliphatic carbocycles. The summed E-state index contributed by atoms with van der Waals surface area (Å²) in [6, 6.07) is 3.97. The first-order valence-electron chi connectivity index (χ1n) is 10.00. The molecule has 1 atom stereocenters. The first-order chi connectivity index (χ1) is 14.6. The number of aromatic nitrogens is 2. The number of aryl methyl sites for hydroxylation is 1. The highest BCUT2D eigenvalue weighted by atomic mass is 32.2. The molecule has 1 aromatic heterocycles. The van der Waals surface area contributed by atoms with Gasteiger partial charge in [0.1, 0.15) is 0 Å². The fraction of sp³-hybridized carbons (Fsp3) is 0.526. The smallest absolute Gasteiger partial charge is 0.318 e. The van der Waals surface area contributed by atoms with E-state index in [1.54, 1.807) is 18.2 Å². The summed E-state index contributed by atoms with van der Waals surface area (Å²) in [7, 11) is -3.65. The van der Waals surface area contributed by atoms with Gasteiger partial charge in [-0.3, -0.25) is 10.1 Å². The molecule has 3 amide bonds. The number of nitrogens with one attached hydrogen (secondary N) is 1. The van der Waals surface area contributed by atoms with E-state index in [4.69, 9.17) is 10.5 Å². The van der Waals surface area contributed by atoms with Crippen LogP contribution in [0.15, 0.2) is 28.3 Å². The average molecular weight is 470 g/mol. The van der Waals surface area contributed by atoms with Crippen molar-refractivity contribution in [3.05, 3.63) is 18.2 Å². The van der Waals surface area contributed by atoms with Crippen LogP contribution in [-0.4, -0.2) is 65.8 Å². The fourth-order valence-corrected chi connectivity index (χ4v) is 5.98. The number of nitrogens with two attached hydrogens (primary N) is 1. The second-order valence-electron chi connectivity index (χ2n) is 7.44. The summed E-state index contributed by atoms with van der Waals surface area (Å²) in [5.41, 5.74) is 6.38. The van der Waals surface area contributed by atoms with E-state index in [1.165, 1.54) is 16.1 Å². The van der Waals surface area contributed by atoms with Crippen molar-refractivity contribution in [2.75, 3.05) is 26.3 Å². The van der Waals surface area contributed by atoms with Crippen molar-refractivity contribution in [1.82, 2.24) is 19.2 Å². The van der Waals surface area contributed by atoms with Crippen LogP contribution in [0.2, 0.25) is 0 Å². The molecular formula is C19H27N5O5S2. The molecule has 2 heterocycles. The number of thioether (sulfide) groups is 1. The molecule has 12 heteroatoms. The third-order valence-corrected chi connectivity index (χ3v) is 8.38. The Bertz CT molecular complexity index is 1080. The van der Waals surface area contributed by atoms with Gasteiger partial charge in [-0.2, -0.15) is 4.31 Å². The second kappa shape index (κ2) is 9.55. The quantitative estimate of drug-likeness (QED) is 0.585. The number of ether oxygens (including phenoxy) is 1. The minimum absolute atomic E-state index is 0.0910. The van der Waals surface area contributed by atoms with Gasteiger partial charge < -0.3 is 15.0 Å². The zero-order chi connectivity index (χ0) is 22.8. The molecule has 1 aliphatic heterocycles. The zero-order valence-electron chi connectivity index (χ0n) is 17.7. The van der Waals surface area contributed by atoms with Crippen LogP contribution in [0.4, 0.5) is 4.79 Å². The molecule has 0 spiro atoms. The van der Waals surface area contributed by atoms with Crippen molar-refractivity contribution in [2.24, 2.45) is 11.7 Å². The van der Waals surface area contributed by atoms with Gasteiger partial charge in [-0.1, -0.05) is 25.6 Å². The summed E-state index contributed by atoms with van der Waals surface area (Å²) in [5.74, 6) is -0.579. The highest BCUT2D eigenvalue weighted by Crippen LogP contribution is 2.32. The highest BCUT2D eigenvalue weighted by molar-refractivity contribution is 8.00. The van der Waals surface area contributed by atoms with E-state index in [0.717, 1.165) is 5.52 Å². The summed E-state index contributed by atoms with van der Waals surface area (Å²) in [5, 5.41) is 2.10. The maximum Gasteiger partial charge on any atom is 0.318 e. The lowest BCUT2D eigenvalue weighted by Crippen LogP contribution is -2.42. The number of primary amides is 1. The van der Waals surface area contributed by atoms with E-state index >= 15 is 0 Å². The van der Waals surface area contributed by atoms with Crippen LogP contribution in [-0.2, 0) is 26.1 Å². The van der Waals surface area contributed by atoms with Crippen LogP contribution in [0, 0.1) is 5.92 Å². The molecule has 0 saturated carbocycles. The minimum atomic E-state index is -3.65. The van der Waals surface area contributed by atoms with Crippen molar-refractivity contribution in [3.63, 3.8) is 0 Å². The number of benzene rings is 1. The lowest BCUT2D eigenvalue weighted by molar-refractivity contribution is -0.120. The molecular weight excluding hydrogens is 442 g/mol. The number of sulfonamides is 1. The van der Waals surface area contributed by atoms with Gasteiger partial charge in [0.05, 0.1) is 34.4 Å². The van der Waals surface area contributed by atoms with E-state index in [2.05, 4.69) is 10.3 Å². The molecule has 1 aliphatic rings. The normalized spacial score (nSPS) is 16.5. The molecule has 31 heavy (non-hydrogen) atoms. The van der Waals surface area contributed by atoms with Gasteiger partial charge in [-0.25, -0.2) is 18.2 Å². The number of fused-ring (bicyclic) bond motifs is 1. The molecule has 10 nitrogen and oxygen atoms in total. The van der Waals surface area contributed by atoms with Crippen LogP contribution in [0.1, 0.15) is 20.8 Å². The Morgan fingerprint density at radius 3 is 2.55 bits per heavy atom. The molecule has 2 aromatic rings. The number of imide groups is 1. The molecule has 3 rings (SSSR count). The SMILES string of the molecule is CCn1c(SC(C(=O)NC(N)=O)C(C)C)nc2cc(S(=O)(=O)N3CCOCC3)ccc21. The van der Waals surface area contributed by atoms with Crippen molar-refractivity contribution in [3.8, 4) is 0 Å². The number of morpholine rings is 1. The van der Waals surface area contributed by atoms with E-state index < -0.39 is 27.2 Å². The van der Waals surface area contributed by atoms with E-state index in [9.17, 15) is 18.0 Å². The summed E-state index contributed by atoms with van der Waals surface area (Å²) >= 11 is 1.22. The monoisotopic (exact) mass is 469 g/mol. The van der Waals surface area contributed by atoms with Crippen molar-refractivity contribution in [2.45, 2.75) is 42.6 Å². The number of nitrogens with zero attached hydrogens (tertiary/aromatic N) is 3. The van der Waals surface area contributed by atoms with E-state index in [1.807, 2.05) is 25.3 Å². The number of carbonyl (C=O) groups excluding carboxylic acids is 2. The van der Waals surface area contributed by atoms with Gasteiger partial charge in [-0.15, -0.1) is 0 Å². The lowest BCUT2D eigenvalue weighted by Gasteiger charge is -2.26. The summed E-state index contributed by atoms with van der Waals surface area (Å²) in [6.07, 6.45) is 0. The van der Waals surface area contributed by atoms with Crippen molar-refractivity contribution in [1.29, 1.82) is 0 Å². The maximum absolute atomic E-state index is 13.0. The molecule has 3 N–H and O–H groups in total. The maximum atomic E-state index is 13.0. The standard InChI is InChI=1S/C19H27N5O5S2/c1-4-24-15-6-5-13(31(27,28)23-7-9-29-10-8-23)11-14(15)21-19(24)30-16(12(2)3)17(25)22-18(20)26/h5-6,11-12,16H,4,7-10H2,1-3H3,(H3,20,22,25,26). The highest BCUT2D eigenvalue weighted by Gasteiger charge is 2.29. The Balaban J connectivity index is 1.96. The zero-order valence-corrected chi connectivity index (χ0v) is 19.3. The molecule has 1 unspecified atom stereocenters. The first kappa shape index (κ1) is 23.5. The minimum Gasteiger partial charge on any atom is -0.379 e. The summed E-state index contributed by atoms with van der Waals surface area (Å²) in [6.45, 7) is 7.63. The van der Waals surface area contributed by atoms with Crippen LogP contribution >= 0.6 is 11.8 Å². The molecule has 1 saturated heterocycles. The van der Waals surface area contributed by atoms with Crippen LogP contribution in [0.5, 0.6) is 0 Å². The third-order valence-electron chi connectivity index (χ3n) is 4.95. The summed E-state index contributed by atoms with van der Waals surface area (Å²) < 4.78 is 34.5. The number of amides is 3. The predicted octanol–water partition coefficient (Wildman–Crippen LogP) is 1.39. The summed E-state index contributed by atoms with van der Waals surface area (Å²) in [4.78, 5) is 28.3. The van der Waals surface area contributed by atoms with Crippen molar-refractivity contribution < 1.29 is 22.7 Å². The number of urea groups is 1. The fourth-order valence-electron chi connectivity index (χ4n) is 3.38. The van der Waals surface area contributed by atoms with Gasteiger partial charge in [0.15, 0.2) is 5.16 Å². The van der Waals surface area contributed by atoms with Gasteiger partial charge in [0.2, 0.25) is 15.9 Å². The Labute approximate surface area is 185 Å². The second-order valence-corrected chi connectivity index (χ2v) is 10.5. The van der Waals surface area contributed by atoms with Crippen LogP contribution in [0.3, 0.4) is 0 Å². The average Bonchev–Trinajstić information content (AvgIpc) is 3.08. The number of rotatable bonds is 7. The molecule has 1 aromatic carbocycles. The molecule has 170 valence electrons. The van der Waals surface area contributed by atoms with E-state index in [0.29, 0.717) is 43.5 Å². The largest absolute Gasteiger partial charge is 0.379 e. The molecule has 0 radical (unpaired) electrons. The number of imidazole rings is 1. The van der Waals surface area contributed by atoms with Crippen LogP contribution in [0.25, 0.3) is 11.0 Å². The van der Waals surface area contributed by atoms with Crippen LogP contribution < -0.4 is 11.1 Å². The number of hydrogen-bond donors (Lipinski definition) is 2.